The Morgan fingerprint density at radius 3 is 1.95 bits per heavy atom. The summed E-state index contributed by atoms with van der Waals surface area (Å²) in [6.07, 6.45) is 4.20. The van der Waals surface area contributed by atoms with E-state index >= 15 is 0 Å². The van der Waals surface area contributed by atoms with E-state index in [1.165, 1.54) is 6.92 Å². The molecule has 0 N–H and O–H groups in total. The number of hydrogen-bond donors (Lipinski definition) is 0. The Bertz CT molecular complexity index is 540. The van der Waals surface area contributed by atoms with E-state index in [9.17, 15) is 24.0 Å². The van der Waals surface area contributed by atoms with Gasteiger partial charge in [-0.25, -0.2) is 9.69 Å². The molecule has 4 amide bonds. The van der Waals surface area contributed by atoms with Gasteiger partial charge in [-0.2, -0.15) is 0 Å². The highest BCUT2D eigenvalue weighted by molar-refractivity contribution is 6.15. The number of esters is 1. The molecule has 0 saturated heterocycles. The first kappa shape index (κ1) is 13.7. The van der Waals surface area contributed by atoms with Crippen molar-refractivity contribution < 1.29 is 28.7 Å². The highest BCUT2D eigenvalue weighted by Crippen LogP contribution is 2.11. The zero-order valence-corrected chi connectivity index (χ0v) is 10.4. The van der Waals surface area contributed by atoms with Crippen LogP contribution in [-0.4, -0.2) is 52.2 Å². The number of imide groups is 2. The lowest BCUT2D eigenvalue weighted by atomic mass is 10.3. The molecule has 104 valence electrons. The van der Waals surface area contributed by atoms with Crippen LogP contribution in [0.5, 0.6) is 0 Å². The van der Waals surface area contributed by atoms with Crippen LogP contribution in [0, 0.1) is 0 Å². The second-order valence-electron chi connectivity index (χ2n) is 4.09. The molecule has 0 bridgehead atoms. The summed E-state index contributed by atoms with van der Waals surface area (Å²) in [6.45, 7) is 0.758. The average Bonchev–Trinajstić information content (AvgIpc) is 2.90. The molecular formula is C12H10N2O6. The molecule has 0 aromatic rings. The molecular weight excluding hydrogens is 268 g/mol. The molecule has 8 heteroatoms. The van der Waals surface area contributed by atoms with Gasteiger partial charge in [-0.1, -0.05) is 0 Å². The first-order valence-corrected chi connectivity index (χ1v) is 5.67. The fraction of sp³-hybridized carbons (Fsp3) is 0.250. The largest absolute Gasteiger partial charge is 0.442 e. The lowest BCUT2D eigenvalue weighted by Gasteiger charge is -2.22. The summed E-state index contributed by atoms with van der Waals surface area (Å²) in [6, 6.07) is -1.13. The predicted octanol–water partition coefficient (Wildman–Crippen LogP) is -1.27. The first-order valence-electron chi connectivity index (χ1n) is 5.67. The van der Waals surface area contributed by atoms with Crippen LogP contribution in [0.2, 0.25) is 0 Å². The Morgan fingerprint density at radius 2 is 1.45 bits per heavy atom. The van der Waals surface area contributed by atoms with E-state index in [1.54, 1.807) is 0 Å². The van der Waals surface area contributed by atoms with E-state index in [0.717, 1.165) is 34.1 Å². The monoisotopic (exact) mass is 278 g/mol. The zero-order chi connectivity index (χ0) is 14.9. The first-order chi connectivity index (χ1) is 9.41. The van der Waals surface area contributed by atoms with Crippen LogP contribution < -0.4 is 0 Å². The standard InChI is InChI=1S/C12H10N2O6/c1-7(14-10(17)4-5-11(14)18)12(19)20-6-13-8(15)2-3-9(13)16/h2-5,7H,6H2,1H3. The lowest BCUT2D eigenvalue weighted by Crippen LogP contribution is -2.45. The van der Waals surface area contributed by atoms with Gasteiger partial charge in [0.05, 0.1) is 0 Å². The fourth-order valence-electron chi connectivity index (χ4n) is 1.71. The van der Waals surface area contributed by atoms with Crippen molar-refractivity contribution in [3.8, 4) is 0 Å². The topological polar surface area (TPSA) is 101 Å². The van der Waals surface area contributed by atoms with Crippen molar-refractivity contribution in [1.29, 1.82) is 0 Å². The van der Waals surface area contributed by atoms with Gasteiger partial charge in [-0.3, -0.25) is 24.1 Å². The van der Waals surface area contributed by atoms with Crippen LogP contribution >= 0.6 is 0 Å². The van der Waals surface area contributed by atoms with E-state index in [2.05, 4.69) is 0 Å². The molecule has 2 heterocycles. The van der Waals surface area contributed by atoms with Crippen LogP contribution in [-0.2, 0) is 28.7 Å². The van der Waals surface area contributed by atoms with E-state index in [0.29, 0.717) is 0 Å². The molecule has 0 saturated carbocycles. The number of nitrogens with zero attached hydrogens (tertiary/aromatic N) is 2. The SMILES string of the molecule is CC(C(=O)OCN1C(=O)C=CC1=O)N1C(=O)C=CC1=O. The normalized spacial score (nSPS) is 19.2. The minimum Gasteiger partial charge on any atom is -0.442 e. The number of carbonyl (C=O) groups excluding carboxylic acids is 5. The maximum Gasteiger partial charge on any atom is 0.330 e. The van der Waals surface area contributed by atoms with Gasteiger partial charge in [-0.15, -0.1) is 0 Å². The summed E-state index contributed by atoms with van der Waals surface area (Å²) in [5, 5.41) is 0. The fourth-order valence-corrected chi connectivity index (χ4v) is 1.71. The highest BCUT2D eigenvalue weighted by atomic mass is 16.5. The molecule has 0 radical (unpaired) electrons. The Labute approximate surface area is 113 Å². The molecule has 2 rings (SSSR count). The van der Waals surface area contributed by atoms with Crippen molar-refractivity contribution in [3.63, 3.8) is 0 Å². The Hall–Kier alpha value is -2.77. The summed E-state index contributed by atoms with van der Waals surface area (Å²) in [4.78, 5) is 58.4. The van der Waals surface area contributed by atoms with Crippen LogP contribution in [0.25, 0.3) is 0 Å². The van der Waals surface area contributed by atoms with Crippen molar-refractivity contribution in [1.82, 2.24) is 9.80 Å². The molecule has 20 heavy (non-hydrogen) atoms. The van der Waals surface area contributed by atoms with Gasteiger partial charge in [0, 0.05) is 24.3 Å². The van der Waals surface area contributed by atoms with Crippen molar-refractivity contribution in [2.24, 2.45) is 0 Å². The Balaban J connectivity index is 1.92. The number of rotatable bonds is 4. The van der Waals surface area contributed by atoms with Gasteiger partial charge in [0.15, 0.2) is 6.73 Å². The average molecular weight is 278 g/mol. The summed E-state index contributed by atoms with van der Waals surface area (Å²) in [5.74, 6) is -3.30. The molecule has 2 aliphatic rings. The molecule has 0 aromatic heterocycles. The quantitative estimate of drug-likeness (QED) is 0.469. The van der Waals surface area contributed by atoms with Crippen LogP contribution in [0.15, 0.2) is 24.3 Å². The smallest absolute Gasteiger partial charge is 0.330 e. The summed E-state index contributed by atoms with van der Waals surface area (Å²) in [5.41, 5.74) is 0. The van der Waals surface area contributed by atoms with Crippen molar-refractivity contribution >= 4 is 29.6 Å². The molecule has 0 fully saturated rings. The van der Waals surface area contributed by atoms with Gasteiger partial charge in [0.2, 0.25) is 0 Å². The molecule has 8 nitrogen and oxygen atoms in total. The number of amides is 4. The van der Waals surface area contributed by atoms with Gasteiger partial charge < -0.3 is 4.74 Å². The second kappa shape index (κ2) is 5.08. The molecule has 0 aliphatic carbocycles. The third-order valence-electron chi connectivity index (χ3n) is 2.81. The lowest BCUT2D eigenvalue weighted by molar-refractivity contribution is -0.163. The molecule has 2 aliphatic heterocycles. The van der Waals surface area contributed by atoms with Gasteiger partial charge in [-0.05, 0) is 6.92 Å². The maximum atomic E-state index is 11.7. The zero-order valence-electron chi connectivity index (χ0n) is 10.4. The van der Waals surface area contributed by atoms with Gasteiger partial charge in [0.1, 0.15) is 6.04 Å². The summed E-state index contributed by atoms with van der Waals surface area (Å²) in [7, 11) is 0. The number of ether oxygens (including phenoxy) is 1. The van der Waals surface area contributed by atoms with E-state index in [4.69, 9.17) is 4.74 Å². The molecule has 1 atom stereocenters. The predicted molar refractivity (Wildman–Crippen MR) is 62.4 cm³/mol. The van der Waals surface area contributed by atoms with E-state index in [-0.39, 0.29) is 0 Å². The molecule has 0 spiro atoms. The molecule has 0 aromatic carbocycles. The summed E-state index contributed by atoms with van der Waals surface area (Å²) < 4.78 is 4.77. The Kier molecular flexibility index (Phi) is 3.47. The number of carbonyl (C=O) groups is 5. The van der Waals surface area contributed by atoms with Crippen LogP contribution in [0.4, 0.5) is 0 Å². The maximum absolute atomic E-state index is 11.7. The minimum absolute atomic E-state index is 0.558. The van der Waals surface area contributed by atoms with Crippen molar-refractivity contribution in [2.45, 2.75) is 13.0 Å². The second-order valence-corrected chi connectivity index (χ2v) is 4.09. The van der Waals surface area contributed by atoms with Gasteiger partial charge in [0.25, 0.3) is 23.6 Å². The van der Waals surface area contributed by atoms with Crippen LogP contribution in [0.1, 0.15) is 6.92 Å². The Morgan fingerprint density at radius 1 is 1.00 bits per heavy atom. The van der Waals surface area contributed by atoms with E-state index < -0.39 is 42.4 Å². The highest BCUT2D eigenvalue weighted by Gasteiger charge is 2.34. The summed E-state index contributed by atoms with van der Waals surface area (Å²) >= 11 is 0. The van der Waals surface area contributed by atoms with E-state index in [1.807, 2.05) is 0 Å². The number of hydrogen-bond acceptors (Lipinski definition) is 6. The third kappa shape index (κ3) is 2.35. The van der Waals surface area contributed by atoms with Crippen molar-refractivity contribution in [2.75, 3.05) is 6.73 Å². The third-order valence-corrected chi connectivity index (χ3v) is 2.81. The van der Waals surface area contributed by atoms with Crippen LogP contribution in [0.3, 0.4) is 0 Å². The van der Waals surface area contributed by atoms with Gasteiger partial charge >= 0.3 is 5.97 Å². The minimum atomic E-state index is -1.13. The molecule has 1 unspecified atom stereocenters. The van der Waals surface area contributed by atoms with Crippen molar-refractivity contribution in [3.05, 3.63) is 24.3 Å².